The molecule has 1 heterocycles. The summed E-state index contributed by atoms with van der Waals surface area (Å²) >= 11 is 0. The Kier molecular flexibility index (Phi) is 11.8. The summed E-state index contributed by atoms with van der Waals surface area (Å²) in [7, 11) is -2.96. The molecule has 5 aromatic carbocycles. The van der Waals surface area contributed by atoms with Crippen LogP contribution in [0.1, 0.15) is 44.4 Å². The van der Waals surface area contributed by atoms with Crippen molar-refractivity contribution in [1.82, 2.24) is 4.90 Å². The van der Waals surface area contributed by atoms with Crippen LogP contribution in [0.5, 0.6) is 0 Å². The quantitative estimate of drug-likeness (QED) is 0.116. The van der Waals surface area contributed by atoms with Gasteiger partial charge in [0.25, 0.3) is 8.32 Å². The summed E-state index contributed by atoms with van der Waals surface area (Å²) in [6, 6.07) is 50.3. The van der Waals surface area contributed by atoms with Gasteiger partial charge < -0.3 is 18.6 Å². The molecule has 1 aliphatic heterocycles. The van der Waals surface area contributed by atoms with E-state index < -0.39 is 32.7 Å². The molecular weight excluding hydrogens is 651 g/mol. The van der Waals surface area contributed by atoms with Gasteiger partial charge in [0, 0.05) is 0 Å². The number of carbonyl (C=O) groups is 1. The molecule has 0 aliphatic carbocycles. The van der Waals surface area contributed by atoms with Crippen LogP contribution in [0, 0.1) is 0 Å². The third-order valence-electron chi connectivity index (χ3n) is 9.85. The lowest BCUT2D eigenvalue weighted by Crippen LogP contribution is -2.67. The van der Waals surface area contributed by atoms with Gasteiger partial charge in [0.1, 0.15) is 18.8 Å². The average molecular weight is 700 g/mol. The van der Waals surface area contributed by atoms with Gasteiger partial charge in [-0.15, -0.1) is 0 Å². The number of hydrogen-bond donors (Lipinski definition) is 0. The normalized spacial score (nSPS) is 19.2. The summed E-state index contributed by atoms with van der Waals surface area (Å²) in [5.41, 5.74) is 3.02. The molecule has 7 heteroatoms. The summed E-state index contributed by atoms with van der Waals surface area (Å²) in [4.78, 5) is 16.1. The van der Waals surface area contributed by atoms with Gasteiger partial charge in [-0.1, -0.05) is 172 Å². The van der Waals surface area contributed by atoms with Crippen LogP contribution in [0.4, 0.5) is 4.79 Å². The topological polar surface area (TPSA) is 57.2 Å². The van der Waals surface area contributed by atoms with E-state index in [4.69, 9.17) is 18.6 Å². The Morgan fingerprint density at radius 1 is 0.588 bits per heavy atom. The second-order valence-electron chi connectivity index (χ2n) is 14.3. The minimum Gasteiger partial charge on any atom is -0.445 e. The van der Waals surface area contributed by atoms with E-state index in [0.717, 1.165) is 16.7 Å². The molecule has 6 nitrogen and oxygen atoms in total. The molecule has 0 N–H and O–H groups in total. The van der Waals surface area contributed by atoms with E-state index in [9.17, 15) is 4.79 Å². The number of carbonyl (C=O) groups excluding carboxylic acids is 1. The first-order chi connectivity index (χ1) is 24.8. The maximum Gasteiger partial charge on any atom is 0.410 e. The Hall–Kier alpha value is -4.53. The van der Waals surface area contributed by atoms with Crippen molar-refractivity contribution < 1.29 is 23.4 Å². The Balaban J connectivity index is 1.39. The first-order valence-electron chi connectivity index (χ1n) is 17.8. The molecule has 51 heavy (non-hydrogen) atoms. The van der Waals surface area contributed by atoms with Crippen molar-refractivity contribution in [2.24, 2.45) is 0 Å². The zero-order chi connectivity index (χ0) is 35.7. The Labute approximate surface area is 304 Å². The van der Waals surface area contributed by atoms with Crippen LogP contribution in [0.15, 0.2) is 152 Å². The summed E-state index contributed by atoms with van der Waals surface area (Å²) in [6.07, 6.45) is -1.35. The number of nitrogens with zero attached hydrogens (tertiary/aromatic N) is 1. The molecule has 5 aromatic rings. The van der Waals surface area contributed by atoms with Crippen molar-refractivity contribution >= 4 is 24.8 Å². The number of benzene rings is 5. The van der Waals surface area contributed by atoms with Crippen molar-refractivity contribution in [1.29, 1.82) is 0 Å². The lowest BCUT2D eigenvalue weighted by molar-refractivity contribution is -0.0807. The zero-order valence-corrected chi connectivity index (χ0v) is 31.1. The number of hydrogen-bond acceptors (Lipinski definition) is 5. The standard InChI is InChI=1S/C44H49NO5Si/c1-34-41(47-30-35-20-10-5-11-21-35)42(48-31-36-22-12-6-13-23-36)40(45(34)43(46)49-32-37-24-14-7-15-25-37)33-50-51(44(2,3)4,38-26-16-8-17-27-38)39-28-18-9-19-29-39/h5-29,34,40-42H,30-33H2,1-4H3/t34-,40-,41-,42-/m1/s1. The predicted molar refractivity (Wildman–Crippen MR) is 205 cm³/mol. The minimum atomic E-state index is -2.96. The summed E-state index contributed by atoms with van der Waals surface area (Å²) < 4.78 is 27.1. The highest BCUT2D eigenvalue weighted by Crippen LogP contribution is 2.39. The third kappa shape index (κ3) is 8.34. The first kappa shape index (κ1) is 36.3. The lowest BCUT2D eigenvalue weighted by Gasteiger charge is -2.44. The van der Waals surface area contributed by atoms with Crippen molar-refractivity contribution in [3.05, 3.63) is 168 Å². The van der Waals surface area contributed by atoms with E-state index >= 15 is 0 Å². The Morgan fingerprint density at radius 2 is 0.980 bits per heavy atom. The molecular formula is C44H49NO5Si. The molecule has 4 atom stereocenters. The SMILES string of the molecule is C[C@@H]1[C@@H](OCc2ccccc2)[C@H](OCc2ccccc2)[C@@H](CO[Si](c2ccccc2)(c2ccccc2)C(C)(C)C)N1C(=O)OCc1ccccc1. The maximum atomic E-state index is 14.3. The van der Waals surface area contributed by atoms with Gasteiger partial charge in [0.2, 0.25) is 0 Å². The first-order valence-corrected chi connectivity index (χ1v) is 19.7. The summed E-state index contributed by atoms with van der Waals surface area (Å²) in [6.45, 7) is 9.97. The van der Waals surface area contributed by atoms with E-state index in [1.807, 2.05) is 90.7 Å². The zero-order valence-electron chi connectivity index (χ0n) is 30.1. The Morgan fingerprint density at radius 3 is 1.41 bits per heavy atom. The van der Waals surface area contributed by atoms with Gasteiger partial charge in [-0.05, 0) is 39.0 Å². The van der Waals surface area contributed by atoms with Gasteiger partial charge >= 0.3 is 6.09 Å². The van der Waals surface area contributed by atoms with Crippen molar-refractivity contribution in [2.45, 2.75) is 76.8 Å². The number of likely N-dealkylation sites (tertiary alicyclic amines) is 1. The third-order valence-corrected chi connectivity index (χ3v) is 14.9. The second-order valence-corrected chi connectivity index (χ2v) is 18.6. The average Bonchev–Trinajstić information content (AvgIpc) is 3.43. The monoisotopic (exact) mass is 699 g/mol. The fourth-order valence-electron chi connectivity index (χ4n) is 7.33. The van der Waals surface area contributed by atoms with Crippen LogP contribution in [0.2, 0.25) is 5.04 Å². The fourth-order valence-corrected chi connectivity index (χ4v) is 11.9. The van der Waals surface area contributed by atoms with Crippen LogP contribution in [-0.4, -0.2) is 50.2 Å². The van der Waals surface area contributed by atoms with Gasteiger partial charge in [0.15, 0.2) is 0 Å². The van der Waals surface area contributed by atoms with Gasteiger partial charge in [-0.25, -0.2) is 4.79 Å². The largest absolute Gasteiger partial charge is 0.445 e. The van der Waals surface area contributed by atoms with E-state index in [1.165, 1.54) is 10.4 Å². The van der Waals surface area contributed by atoms with Crippen LogP contribution in [0.25, 0.3) is 0 Å². The van der Waals surface area contributed by atoms with Crippen molar-refractivity contribution in [3.8, 4) is 0 Å². The fraction of sp³-hybridized carbons (Fsp3) is 0.295. The molecule has 1 aliphatic rings. The van der Waals surface area contributed by atoms with E-state index in [2.05, 4.69) is 93.6 Å². The number of ether oxygens (including phenoxy) is 3. The Bertz CT molecular complexity index is 1750. The summed E-state index contributed by atoms with van der Waals surface area (Å²) in [5, 5.41) is 2.10. The number of amides is 1. The highest BCUT2D eigenvalue weighted by atomic mass is 28.4. The molecule has 6 rings (SSSR count). The lowest BCUT2D eigenvalue weighted by atomic mass is 10.1. The van der Waals surface area contributed by atoms with Crippen LogP contribution in [0.3, 0.4) is 0 Å². The highest BCUT2D eigenvalue weighted by molar-refractivity contribution is 6.99. The second kappa shape index (κ2) is 16.7. The molecule has 0 aromatic heterocycles. The van der Waals surface area contributed by atoms with E-state index in [1.54, 1.807) is 0 Å². The molecule has 0 bridgehead atoms. The van der Waals surface area contributed by atoms with Crippen LogP contribution in [-0.2, 0) is 38.5 Å². The maximum absolute atomic E-state index is 14.3. The molecule has 1 saturated heterocycles. The molecule has 0 spiro atoms. The van der Waals surface area contributed by atoms with Gasteiger partial charge in [-0.2, -0.15) is 0 Å². The molecule has 0 saturated carbocycles. The van der Waals surface area contributed by atoms with Crippen molar-refractivity contribution in [2.75, 3.05) is 6.61 Å². The molecule has 264 valence electrons. The van der Waals surface area contributed by atoms with Gasteiger partial charge in [0.05, 0.1) is 31.9 Å². The molecule has 0 radical (unpaired) electrons. The van der Waals surface area contributed by atoms with E-state index in [0.29, 0.717) is 13.2 Å². The van der Waals surface area contributed by atoms with E-state index in [-0.39, 0.29) is 24.3 Å². The molecule has 1 amide bonds. The minimum absolute atomic E-state index is 0.163. The summed E-state index contributed by atoms with van der Waals surface area (Å²) in [5.74, 6) is 0. The van der Waals surface area contributed by atoms with Crippen LogP contribution >= 0.6 is 0 Å². The van der Waals surface area contributed by atoms with Crippen molar-refractivity contribution in [3.63, 3.8) is 0 Å². The molecule has 1 fully saturated rings. The number of rotatable bonds is 13. The predicted octanol–water partition coefficient (Wildman–Crippen LogP) is 8.14. The highest BCUT2D eigenvalue weighted by Gasteiger charge is 2.55. The smallest absolute Gasteiger partial charge is 0.410 e. The van der Waals surface area contributed by atoms with Gasteiger partial charge in [-0.3, -0.25) is 4.90 Å². The molecule has 0 unspecified atom stereocenters. The van der Waals surface area contributed by atoms with Crippen LogP contribution < -0.4 is 10.4 Å².